The zero-order valence-electron chi connectivity index (χ0n) is 13.4. The van der Waals surface area contributed by atoms with Crippen molar-refractivity contribution in [3.8, 4) is 0 Å². The summed E-state index contributed by atoms with van der Waals surface area (Å²) in [7, 11) is 0. The summed E-state index contributed by atoms with van der Waals surface area (Å²) in [6.45, 7) is -0.0626. The van der Waals surface area contributed by atoms with Crippen LogP contribution < -0.4 is 10.2 Å². The molecule has 1 amide bonds. The van der Waals surface area contributed by atoms with Crippen molar-refractivity contribution in [1.29, 1.82) is 0 Å². The van der Waals surface area contributed by atoms with Gasteiger partial charge in [0.25, 0.3) is 12.2 Å². The fourth-order valence-electron chi connectivity index (χ4n) is 2.85. The van der Waals surface area contributed by atoms with E-state index in [9.17, 15) is 26.7 Å². The summed E-state index contributed by atoms with van der Waals surface area (Å²) in [5.41, 5.74) is -0.0516. The van der Waals surface area contributed by atoms with Crippen molar-refractivity contribution in [2.45, 2.75) is 25.4 Å². The molecule has 142 valence electrons. The molecule has 0 aliphatic carbocycles. The molecule has 1 fully saturated rings. The first kappa shape index (κ1) is 18.3. The quantitative estimate of drug-likeness (QED) is 0.821. The van der Waals surface area contributed by atoms with E-state index in [0.29, 0.717) is 23.9 Å². The Morgan fingerprint density at radius 1 is 1.31 bits per heavy atom. The monoisotopic (exact) mass is 378 g/mol. The fraction of sp³-hybridized carbons (Fsp3) is 0.571. The lowest BCUT2D eigenvalue weighted by Gasteiger charge is -2.32. The number of anilines is 1. The molecule has 12 heteroatoms. The smallest absolute Gasteiger partial charge is 0.354 e. The Balaban J connectivity index is 1.79. The number of halogens is 5. The second-order valence-corrected chi connectivity index (χ2v) is 5.90. The number of nitrogens with one attached hydrogen (secondary N) is 1. The Bertz CT molecular complexity index is 792. The first-order chi connectivity index (χ1) is 12.3. The molecule has 3 heterocycles. The fourth-order valence-corrected chi connectivity index (χ4v) is 2.85. The van der Waals surface area contributed by atoms with E-state index in [0.717, 1.165) is 0 Å². The summed E-state index contributed by atoms with van der Waals surface area (Å²) in [6.07, 6.45) is -6.25. The van der Waals surface area contributed by atoms with E-state index in [1.165, 1.54) is 12.1 Å². The summed E-state index contributed by atoms with van der Waals surface area (Å²) in [6, 6.07) is 2.84. The summed E-state index contributed by atoms with van der Waals surface area (Å²) < 4.78 is 63.9. The number of carbonyl (C=O) groups excluding carboxylic acids is 1. The minimum atomic E-state index is -4.70. The molecular formula is C14H15F5N6O. The van der Waals surface area contributed by atoms with Crippen LogP contribution in [0.5, 0.6) is 0 Å². The predicted octanol–water partition coefficient (Wildman–Crippen LogP) is 1.74. The van der Waals surface area contributed by atoms with Crippen molar-refractivity contribution in [2.24, 2.45) is 5.92 Å². The van der Waals surface area contributed by atoms with Crippen LogP contribution in [0, 0.1) is 5.92 Å². The van der Waals surface area contributed by atoms with Gasteiger partial charge in [-0.25, -0.2) is 8.78 Å². The summed E-state index contributed by atoms with van der Waals surface area (Å²) in [5.74, 6) is -2.05. The second-order valence-electron chi connectivity index (χ2n) is 5.90. The molecule has 0 saturated carbocycles. The number of alkyl halides is 5. The van der Waals surface area contributed by atoms with Crippen molar-refractivity contribution in [3.63, 3.8) is 0 Å². The van der Waals surface area contributed by atoms with Crippen LogP contribution in [-0.2, 0) is 11.0 Å². The van der Waals surface area contributed by atoms with E-state index in [4.69, 9.17) is 0 Å². The normalized spacial score (nSPS) is 18.5. The Labute approximate surface area is 144 Å². The minimum Gasteiger partial charge on any atom is -0.354 e. The van der Waals surface area contributed by atoms with Gasteiger partial charge < -0.3 is 10.2 Å². The molecule has 0 spiro atoms. The topological polar surface area (TPSA) is 75.4 Å². The van der Waals surface area contributed by atoms with E-state index in [-0.39, 0.29) is 18.0 Å². The standard InChI is InChI=1S/C14H15F5N6O/c15-9(16)6-20-12(26)8-2-1-5-24(7-8)11-4-3-10-21-22-13(14(17,18)19)25(10)23-11/h3-4,8-9H,1-2,5-7H2,(H,20,26). The van der Waals surface area contributed by atoms with Gasteiger partial charge in [0.1, 0.15) is 5.82 Å². The highest BCUT2D eigenvalue weighted by Crippen LogP contribution is 2.28. The maximum Gasteiger partial charge on any atom is 0.453 e. The zero-order valence-corrected chi connectivity index (χ0v) is 13.4. The van der Waals surface area contributed by atoms with Gasteiger partial charge in [-0.05, 0) is 25.0 Å². The van der Waals surface area contributed by atoms with Crippen LogP contribution in [-0.4, -0.2) is 51.8 Å². The maximum atomic E-state index is 13.0. The van der Waals surface area contributed by atoms with Gasteiger partial charge in [0, 0.05) is 13.1 Å². The van der Waals surface area contributed by atoms with E-state index in [1.54, 1.807) is 4.90 Å². The van der Waals surface area contributed by atoms with Gasteiger partial charge in [-0.3, -0.25) is 4.79 Å². The number of hydrogen-bond donors (Lipinski definition) is 1. The molecular weight excluding hydrogens is 363 g/mol. The van der Waals surface area contributed by atoms with Gasteiger partial charge in [-0.15, -0.1) is 15.3 Å². The van der Waals surface area contributed by atoms with Crippen molar-refractivity contribution >= 4 is 17.4 Å². The van der Waals surface area contributed by atoms with E-state index in [2.05, 4.69) is 20.6 Å². The highest BCUT2D eigenvalue weighted by atomic mass is 19.4. The summed E-state index contributed by atoms with van der Waals surface area (Å²) in [4.78, 5) is 13.6. The zero-order chi connectivity index (χ0) is 18.9. The Morgan fingerprint density at radius 3 is 2.77 bits per heavy atom. The number of amides is 1. The average Bonchev–Trinajstić information content (AvgIpc) is 3.03. The number of nitrogens with zero attached hydrogens (tertiary/aromatic N) is 5. The minimum absolute atomic E-state index is 0.0516. The number of rotatable bonds is 4. The molecule has 1 atom stereocenters. The number of carbonyl (C=O) groups is 1. The molecule has 0 aromatic carbocycles. The predicted molar refractivity (Wildman–Crippen MR) is 79.7 cm³/mol. The first-order valence-electron chi connectivity index (χ1n) is 7.86. The molecule has 7 nitrogen and oxygen atoms in total. The molecule has 1 saturated heterocycles. The van der Waals surface area contributed by atoms with Gasteiger partial charge in [0.05, 0.1) is 12.5 Å². The van der Waals surface area contributed by atoms with E-state index >= 15 is 0 Å². The van der Waals surface area contributed by atoms with E-state index in [1.807, 2.05) is 0 Å². The molecule has 26 heavy (non-hydrogen) atoms. The van der Waals surface area contributed by atoms with Crippen LogP contribution in [0.15, 0.2) is 12.1 Å². The SMILES string of the molecule is O=C(NCC(F)F)C1CCCN(c2ccc3nnc(C(F)(F)F)n3n2)C1. The van der Waals surface area contributed by atoms with Gasteiger partial charge >= 0.3 is 6.18 Å². The highest BCUT2D eigenvalue weighted by molar-refractivity contribution is 5.79. The van der Waals surface area contributed by atoms with Crippen LogP contribution in [0.2, 0.25) is 0 Å². The second kappa shape index (κ2) is 7.00. The lowest BCUT2D eigenvalue weighted by molar-refractivity contribution is -0.146. The van der Waals surface area contributed by atoms with Gasteiger partial charge in [0.2, 0.25) is 5.91 Å². The van der Waals surface area contributed by atoms with Gasteiger partial charge in [-0.2, -0.15) is 17.7 Å². The summed E-state index contributed by atoms with van der Waals surface area (Å²) in [5, 5.41) is 12.6. The largest absolute Gasteiger partial charge is 0.453 e. The van der Waals surface area contributed by atoms with Crippen LogP contribution in [0.25, 0.3) is 5.65 Å². The Morgan fingerprint density at radius 2 is 2.08 bits per heavy atom. The number of fused-ring (bicyclic) bond motifs is 1. The average molecular weight is 378 g/mol. The van der Waals surface area contributed by atoms with E-state index < -0.39 is 36.8 Å². The van der Waals surface area contributed by atoms with Crippen LogP contribution in [0.1, 0.15) is 18.7 Å². The third kappa shape index (κ3) is 3.83. The third-order valence-electron chi connectivity index (χ3n) is 4.05. The number of piperidine rings is 1. The van der Waals surface area contributed by atoms with Crippen molar-refractivity contribution in [2.75, 3.05) is 24.5 Å². The third-order valence-corrected chi connectivity index (χ3v) is 4.05. The molecule has 3 rings (SSSR count). The number of hydrogen-bond acceptors (Lipinski definition) is 5. The molecule has 1 aliphatic heterocycles. The Kier molecular flexibility index (Phi) is 4.92. The van der Waals surface area contributed by atoms with Crippen molar-refractivity contribution < 1.29 is 26.7 Å². The van der Waals surface area contributed by atoms with Crippen LogP contribution in [0.4, 0.5) is 27.8 Å². The lowest BCUT2D eigenvalue weighted by atomic mass is 9.97. The van der Waals surface area contributed by atoms with Crippen LogP contribution >= 0.6 is 0 Å². The highest BCUT2D eigenvalue weighted by Gasteiger charge is 2.38. The Hall–Kier alpha value is -2.53. The summed E-state index contributed by atoms with van der Waals surface area (Å²) >= 11 is 0. The van der Waals surface area contributed by atoms with Gasteiger partial charge in [-0.1, -0.05) is 0 Å². The van der Waals surface area contributed by atoms with Gasteiger partial charge in [0.15, 0.2) is 5.65 Å². The molecule has 1 N–H and O–H groups in total. The van der Waals surface area contributed by atoms with Crippen LogP contribution in [0.3, 0.4) is 0 Å². The number of aromatic nitrogens is 4. The van der Waals surface area contributed by atoms with Crippen molar-refractivity contribution in [3.05, 3.63) is 18.0 Å². The maximum absolute atomic E-state index is 13.0. The molecule has 1 aliphatic rings. The molecule has 2 aromatic heterocycles. The molecule has 0 radical (unpaired) electrons. The molecule has 0 bridgehead atoms. The first-order valence-corrected chi connectivity index (χ1v) is 7.86. The van der Waals surface area contributed by atoms with Crippen molar-refractivity contribution in [1.82, 2.24) is 25.1 Å². The molecule has 1 unspecified atom stereocenters. The molecule has 2 aromatic rings. The lowest BCUT2D eigenvalue weighted by Crippen LogP contribution is -2.44.